The van der Waals surface area contributed by atoms with Gasteiger partial charge in [0.25, 0.3) is 0 Å². The molecule has 1 aromatic rings. The SMILES string of the molecule is CC(C)=CCC/C(C)=C/CC/C(C)=C\CC[C@]1(C)CCc2cc(O)c(C)c(C)c2O1. The van der Waals surface area contributed by atoms with Gasteiger partial charge in [0.1, 0.15) is 17.1 Å². The Morgan fingerprint density at radius 3 is 2.20 bits per heavy atom. The van der Waals surface area contributed by atoms with Crippen LogP contribution in [0.3, 0.4) is 0 Å². The third kappa shape index (κ3) is 7.07. The van der Waals surface area contributed by atoms with E-state index in [1.54, 1.807) is 0 Å². The highest BCUT2D eigenvalue weighted by Gasteiger charge is 2.32. The van der Waals surface area contributed by atoms with Crippen molar-refractivity contribution in [3.05, 3.63) is 57.7 Å². The second-order valence-corrected chi connectivity index (χ2v) is 9.68. The molecule has 2 nitrogen and oxygen atoms in total. The largest absolute Gasteiger partial charge is 0.508 e. The Bertz CT molecular complexity index is 822. The van der Waals surface area contributed by atoms with Crippen molar-refractivity contribution in [2.75, 3.05) is 0 Å². The molecule has 0 fully saturated rings. The van der Waals surface area contributed by atoms with E-state index in [2.05, 4.69) is 59.8 Å². The van der Waals surface area contributed by atoms with Crippen LogP contribution in [-0.2, 0) is 6.42 Å². The molecule has 1 N–H and O–H groups in total. The molecule has 0 spiro atoms. The van der Waals surface area contributed by atoms with Gasteiger partial charge in [0.15, 0.2) is 0 Å². The van der Waals surface area contributed by atoms with Crippen LogP contribution < -0.4 is 4.74 Å². The monoisotopic (exact) mass is 410 g/mol. The number of phenols is 1. The number of allylic oxidation sites excluding steroid dienone is 6. The van der Waals surface area contributed by atoms with Crippen molar-refractivity contribution in [2.45, 2.75) is 105 Å². The summed E-state index contributed by atoms with van der Waals surface area (Å²) < 4.78 is 6.48. The molecule has 1 aromatic carbocycles. The van der Waals surface area contributed by atoms with Gasteiger partial charge in [0.05, 0.1) is 0 Å². The number of phenolic OH excluding ortho intramolecular Hbond substituents is 1. The van der Waals surface area contributed by atoms with Gasteiger partial charge in [-0.05, 0) is 123 Å². The van der Waals surface area contributed by atoms with Crippen molar-refractivity contribution in [3.8, 4) is 11.5 Å². The van der Waals surface area contributed by atoms with E-state index < -0.39 is 0 Å². The fourth-order valence-electron chi connectivity index (χ4n) is 4.11. The maximum atomic E-state index is 10.1. The lowest BCUT2D eigenvalue weighted by atomic mass is 9.87. The van der Waals surface area contributed by atoms with Crippen molar-refractivity contribution in [1.82, 2.24) is 0 Å². The van der Waals surface area contributed by atoms with E-state index in [0.29, 0.717) is 5.75 Å². The zero-order valence-electron chi connectivity index (χ0n) is 20.3. The van der Waals surface area contributed by atoms with Crippen molar-refractivity contribution in [1.29, 1.82) is 0 Å². The molecule has 0 bridgehead atoms. The van der Waals surface area contributed by atoms with Crippen molar-refractivity contribution in [2.24, 2.45) is 0 Å². The molecule has 0 aromatic heterocycles. The molecule has 1 aliphatic heterocycles. The van der Waals surface area contributed by atoms with E-state index >= 15 is 0 Å². The van der Waals surface area contributed by atoms with Gasteiger partial charge in [-0.1, -0.05) is 34.9 Å². The van der Waals surface area contributed by atoms with Gasteiger partial charge in [-0.2, -0.15) is 0 Å². The maximum Gasteiger partial charge on any atom is 0.126 e. The van der Waals surface area contributed by atoms with Crippen molar-refractivity contribution >= 4 is 0 Å². The first-order valence-corrected chi connectivity index (χ1v) is 11.6. The number of hydrogen-bond acceptors (Lipinski definition) is 2. The number of ether oxygens (including phenoxy) is 1. The molecule has 0 radical (unpaired) electrons. The maximum absolute atomic E-state index is 10.1. The average Bonchev–Trinajstić information content (AvgIpc) is 2.67. The summed E-state index contributed by atoms with van der Waals surface area (Å²) in [7, 11) is 0. The van der Waals surface area contributed by atoms with Crippen LogP contribution in [0, 0.1) is 13.8 Å². The summed E-state index contributed by atoms with van der Waals surface area (Å²) in [6, 6.07) is 1.89. The summed E-state index contributed by atoms with van der Waals surface area (Å²) >= 11 is 0. The minimum Gasteiger partial charge on any atom is -0.508 e. The third-order valence-electron chi connectivity index (χ3n) is 6.45. The van der Waals surface area contributed by atoms with Gasteiger partial charge in [-0.3, -0.25) is 0 Å². The molecule has 0 amide bonds. The molecule has 2 rings (SSSR count). The Morgan fingerprint density at radius 2 is 1.57 bits per heavy atom. The molecular formula is C28H42O2. The Morgan fingerprint density at radius 1 is 0.967 bits per heavy atom. The molecule has 166 valence electrons. The Labute approximate surface area is 184 Å². The first kappa shape index (κ1) is 24.3. The van der Waals surface area contributed by atoms with Gasteiger partial charge < -0.3 is 9.84 Å². The molecule has 0 saturated carbocycles. The lowest BCUT2D eigenvalue weighted by Crippen LogP contribution is -2.36. The fraction of sp³-hybridized carbons (Fsp3) is 0.571. The fourth-order valence-corrected chi connectivity index (χ4v) is 4.11. The quantitative estimate of drug-likeness (QED) is 0.415. The van der Waals surface area contributed by atoms with Gasteiger partial charge in [-0.15, -0.1) is 0 Å². The predicted molar refractivity (Wildman–Crippen MR) is 130 cm³/mol. The van der Waals surface area contributed by atoms with E-state index in [1.807, 2.05) is 13.0 Å². The topological polar surface area (TPSA) is 29.5 Å². The molecule has 30 heavy (non-hydrogen) atoms. The van der Waals surface area contributed by atoms with Crippen LogP contribution in [0.5, 0.6) is 11.5 Å². The predicted octanol–water partition coefficient (Wildman–Crippen LogP) is 8.29. The Kier molecular flexibility index (Phi) is 8.82. The van der Waals surface area contributed by atoms with Crippen LogP contribution in [0.15, 0.2) is 41.0 Å². The lowest BCUT2D eigenvalue weighted by molar-refractivity contribution is 0.0560. The second-order valence-electron chi connectivity index (χ2n) is 9.68. The number of fused-ring (bicyclic) bond motifs is 1. The smallest absolute Gasteiger partial charge is 0.126 e. The molecule has 2 heteroatoms. The highest BCUT2D eigenvalue weighted by molar-refractivity contribution is 5.53. The zero-order chi connectivity index (χ0) is 22.3. The summed E-state index contributed by atoms with van der Waals surface area (Å²) in [6.45, 7) is 15.1. The molecule has 0 unspecified atom stereocenters. The Hall–Kier alpha value is -1.96. The average molecular weight is 411 g/mol. The minimum absolute atomic E-state index is 0.126. The number of rotatable bonds is 9. The molecular weight excluding hydrogens is 368 g/mol. The van der Waals surface area contributed by atoms with Gasteiger partial charge in [0, 0.05) is 0 Å². The molecule has 0 saturated heterocycles. The number of benzene rings is 1. The summed E-state index contributed by atoms with van der Waals surface area (Å²) in [4.78, 5) is 0. The van der Waals surface area contributed by atoms with E-state index in [0.717, 1.165) is 67.4 Å². The van der Waals surface area contributed by atoms with Crippen LogP contribution >= 0.6 is 0 Å². The van der Waals surface area contributed by atoms with Crippen LogP contribution in [0.1, 0.15) is 96.3 Å². The van der Waals surface area contributed by atoms with Crippen LogP contribution in [0.25, 0.3) is 0 Å². The van der Waals surface area contributed by atoms with Gasteiger partial charge >= 0.3 is 0 Å². The summed E-state index contributed by atoms with van der Waals surface area (Å²) in [5.41, 5.74) is 7.40. The van der Waals surface area contributed by atoms with Gasteiger partial charge in [0.2, 0.25) is 0 Å². The van der Waals surface area contributed by atoms with Crippen LogP contribution in [0.4, 0.5) is 0 Å². The zero-order valence-corrected chi connectivity index (χ0v) is 20.3. The molecule has 0 aliphatic carbocycles. The van der Waals surface area contributed by atoms with Gasteiger partial charge in [-0.25, -0.2) is 0 Å². The molecule has 1 heterocycles. The normalized spacial score (nSPS) is 19.3. The van der Waals surface area contributed by atoms with E-state index in [4.69, 9.17) is 4.74 Å². The van der Waals surface area contributed by atoms with E-state index in [-0.39, 0.29) is 5.60 Å². The highest BCUT2D eigenvalue weighted by Crippen LogP contribution is 2.41. The Balaban J connectivity index is 1.83. The number of hydrogen-bond donors (Lipinski definition) is 1. The lowest BCUT2D eigenvalue weighted by Gasteiger charge is -2.37. The van der Waals surface area contributed by atoms with Crippen molar-refractivity contribution < 1.29 is 9.84 Å². The van der Waals surface area contributed by atoms with Crippen molar-refractivity contribution in [3.63, 3.8) is 0 Å². The third-order valence-corrected chi connectivity index (χ3v) is 6.45. The van der Waals surface area contributed by atoms with Crippen LogP contribution in [0.2, 0.25) is 0 Å². The first-order valence-electron chi connectivity index (χ1n) is 11.6. The number of aryl methyl sites for hydroxylation is 1. The minimum atomic E-state index is -0.126. The highest BCUT2D eigenvalue weighted by atomic mass is 16.5. The second kappa shape index (κ2) is 10.9. The molecule has 1 atom stereocenters. The van der Waals surface area contributed by atoms with E-state index in [9.17, 15) is 5.11 Å². The van der Waals surface area contributed by atoms with E-state index in [1.165, 1.54) is 23.1 Å². The molecule has 1 aliphatic rings. The summed E-state index contributed by atoms with van der Waals surface area (Å²) in [6.07, 6.45) is 15.8. The number of aromatic hydroxyl groups is 1. The first-order chi connectivity index (χ1) is 14.1. The van der Waals surface area contributed by atoms with Crippen LogP contribution in [-0.4, -0.2) is 10.7 Å². The summed E-state index contributed by atoms with van der Waals surface area (Å²) in [5.74, 6) is 1.38. The summed E-state index contributed by atoms with van der Waals surface area (Å²) in [5, 5.41) is 10.1. The standard InChI is InChI=1S/C28H42O2/c1-20(2)11-8-12-21(3)13-9-14-22(4)15-10-17-28(7)18-16-25-19-26(29)23(5)24(6)27(25)30-28/h11,13,15,19,29H,8-10,12,14,16-18H2,1-7H3/b21-13+,22-15-/t28-/m1/s1.